The molecule has 0 radical (unpaired) electrons. The number of carbonyl (C=O) groups excluding carboxylic acids is 1. The zero-order chi connectivity index (χ0) is 15.2. The number of amides is 1. The predicted molar refractivity (Wildman–Crippen MR) is 72.3 cm³/mol. The van der Waals surface area contributed by atoms with E-state index in [1.807, 2.05) is 6.92 Å². The van der Waals surface area contributed by atoms with E-state index in [-0.39, 0.29) is 30.2 Å². The number of nitrogen functional groups attached to an aromatic ring is 1. The van der Waals surface area contributed by atoms with Crippen LogP contribution in [0.2, 0.25) is 0 Å². The molecule has 112 valence electrons. The van der Waals surface area contributed by atoms with E-state index in [0.29, 0.717) is 6.54 Å². The largest absolute Gasteiger partial charge is 0.418 e. The van der Waals surface area contributed by atoms with Gasteiger partial charge in [-0.25, -0.2) is 0 Å². The molecule has 1 aromatic rings. The summed E-state index contributed by atoms with van der Waals surface area (Å²) in [6.07, 6.45) is -3.45. The summed E-state index contributed by atoms with van der Waals surface area (Å²) in [6.45, 7) is 2.79. The van der Waals surface area contributed by atoms with Crippen LogP contribution in [0.25, 0.3) is 0 Å². The third-order valence-corrected chi connectivity index (χ3v) is 2.61. The van der Waals surface area contributed by atoms with Gasteiger partial charge in [0.15, 0.2) is 0 Å². The Balaban J connectivity index is 2.55. The number of hydrogen-bond acceptors (Lipinski definition) is 3. The van der Waals surface area contributed by atoms with Gasteiger partial charge in [-0.1, -0.05) is 6.92 Å². The number of hydrogen-bond donors (Lipinski definition) is 3. The van der Waals surface area contributed by atoms with Crippen LogP contribution in [0, 0.1) is 0 Å². The third-order valence-electron chi connectivity index (χ3n) is 2.61. The molecular weight excluding hydrogens is 271 g/mol. The van der Waals surface area contributed by atoms with Crippen molar-refractivity contribution in [1.82, 2.24) is 5.32 Å². The van der Waals surface area contributed by atoms with Gasteiger partial charge in [0.2, 0.25) is 5.91 Å². The molecule has 0 fully saturated rings. The maximum Gasteiger partial charge on any atom is 0.418 e. The quantitative estimate of drug-likeness (QED) is 0.705. The Kier molecular flexibility index (Phi) is 5.66. The second-order valence-corrected chi connectivity index (χ2v) is 4.33. The highest BCUT2D eigenvalue weighted by molar-refractivity contribution is 5.76. The highest BCUT2D eigenvalue weighted by Gasteiger charge is 2.33. The predicted octanol–water partition coefficient (Wildman–Crippen LogP) is 2.62. The van der Waals surface area contributed by atoms with Crippen molar-refractivity contribution in [3.8, 4) is 0 Å². The molecule has 1 amide bonds. The van der Waals surface area contributed by atoms with Crippen LogP contribution in [-0.4, -0.2) is 19.0 Å². The molecule has 20 heavy (non-hydrogen) atoms. The molecule has 0 heterocycles. The Labute approximate surface area is 115 Å². The number of rotatable bonds is 6. The summed E-state index contributed by atoms with van der Waals surface area (Å²) >= 11 is 0. The van der Waals surface area contributed by atoms with E-state index in [4.69, 9.17) is 5.73 Å². The van der Waals surface area contributed by atoms with E-state index >= 15 is 0 Å². The summed E-state index contributed by atoms with van der Waals surface area (Å²) < 4.78 is 37.9. The van der Waals surface area contributed by atoms with E-state index in [9.17, 15) is 18.0 Å². The van der Waals surface area contributed by atoms with Crippen molar-refractivity contribution in [3.05, 3.63) is 23.8 Å². The molecule has 0 saturated heterocycles. The lowest BCUT2D eigenvalue weighted by atomic mass is 10.1. The van der Waals surface area contributed by atoms with Crippen molar-refractivity contribution in [1.29, 1.82) is 0 Å². The summed E-state index contributed by atoms with van der Waals surface area (Å²) in [5, 5.41) is 5.46. The molecule has 4 nitrogen and oxygen atoms in total. The van der Waals surface area contributed by atoms with Crippen LogP contribution < -0.4 is 16.4 Å². The fourth-order valence-electron chi connectivity index (χ4n) is 1.58. The topological polar surface area (TPSA) is 67.2 Å². The summed E-state index contributed by atoms with van der Waals surface area (Å²) in [6, 6.07) is 3.59. The second kappa shape index (κ2) is 7.02. The SMILES string of the molecule is CCCNC(=O)CCNc1ccc(N)c(C(F)(F)F)c1. The number of benzene rings is 1. The van der Waals surface area contributed by atoms with Gasteiger partial charge >= 0.3 is 6.18 Å². The highest BCUT2D eigenvalue weighted by atomic mass is 19.4. The van der Waals surface area contributed by atoms with Gasteiger partial charge in [-0.05, 0) is 24.6 Å². The minimum Gasteiger partial charge on any atom is -0.398 e. The van der Waals surface area contributed by atoms with E-state index in [1.54, 1.807) is 0 Å². The molecule has 1 aromatic carbocycles. The summed E-state index contributed by atoms with van der Waals surface area (Å²) in [5.41, 5.74) is 4.39. The molecule has 1 rings (SSSR count). The highest BCUT2D eigenvalue weighted by Crippen LogP contribution is 2.35. The third kappa shape index (κ3) is 4.99. The smallest absolute Gasteiger partial charge is 0.398 e. The van der Waals surface area contributed by atoms with Crippen LogP contribution in [0.15, 0.2) is 18.2 Å². The molecule has 0 saturated carbocycles. The maximum atomic E-state index is 12.6. The molecular formula is C13H18F3N3O. The van der Waals surface area contributed by atoms with Gasteiger partial charge in [-0.2, -0.15) is 13.2 Å². The van der Waals surface area contributed by atoms with Crippen LogP contribution in [0.1, 0.15) is 25.3 Å². The van der Waals surface area contributed by atoms with Gasteiger partial charge in [0.25, 0.3) is 0 Å². The molecule has 4 N–H and O–H groups in total. The summed E-state index contributed by atoms with van der Waals surface area (Å²) in [4.78, 5) is 11.3. The number of carbonyl (C=O) groups is 1. The first-order valence-electron chi connectivity index (χ1n) is 6.32. The number of halogens is 3. The first-order chi connectivity index (χ1) is 9.34. The minimum atomic E-state index is -4.49. The lowest BCUT2D eigenvalue weighted by Gasteiger charge is -2.13. The second-order valence-electron chi connectivity index (χ2n) is 4.33. The van der Waals surface area contributed by atoms with Crippen LogP contribution in [-0.2, 0) is 11.0 Å². The standard InChI is InChI=1S/C13H18F3N3O/c1-2-6-19-12(20)5-7-18-9-3-4-11(17)10(8-9)13(14,15)16/h3-4,8,18H,2,5-7,17H2,1H3,(H,19,20). The summed E-state index contributed by atoms with van der Waals surface area (Å²) in [7, 11) is 0. The van der Waals surface area contributed by atoms with Crippen molar-refractivity contribution in [2.75, 3.05) is 24.1 Å². The van der Waals surface area contributed by atoms with Crippen molar-refractivity contribution < 1.29 is 18.0 Å². The normalized spacial score (nSPS) is 11.2. The van der Waals surface area contributed by atoms with Crippen molar-refractivity contribution in [3.63, 3.8) is 0 Å². The van der Waals surface area contributed by atoms with Gasteiger partial charge in [0, 0.05) is 30.9 Å². The monoisotopic (exact) mass is 289 g/mol. The van der Waals surface area contributed by atoms with E-state index < -0.39 is 11.7 Å². The first kappa shape index (κ1) is 16.1. The van der Waals surface area contributed by atoms with E-state index in [1.165, 1.54) is 12.1 Å². The fourth-order valence-corrected chi connectivity index (χ4v) is 1.58. The maximum absolute atomic E-state index is 12.6. The van der Waals surface area contributed by atoms with E-state index in [2.05, 4.69) is 10.6 Å². The number of alkyl halides is 3. The average molecular weight is 289 g/mol. The molecule has 0 spiro atoms. The van der Waals surface area contributed by atoms with Crippen LogP contribution in [0.3, 0.4) is 0 Å². The minimum absolute atomic E-state index is 0.133. The number of nitrogens with two attached hydrogens (primary N) is 1. The van der Waals surface area contributed by atoms with Gasteiger partial charge in [0.1, 0.15) is 0 Å². The lowest BCUT2D eigenvalue weighted by Crippen LogP contribution is -2.25. The van der Waals surface area contributed by atoms with Crippen LogP contribution >= 0.6 is 0 Å². The average Bonchev–Trinajstić information content (AvgIpc) is 2.37. The van der Waals surface area contributed by atoms with Gasteiger partial charge in [-0.3, -0.25) is 4.79 Å². The fraction of sp³-hybridized carbons (Fsp3) is 0.462. The summed E-state index contributed by atoms with van der Waals surface area (Å²) in [5.74, 6) is -0.133. The zero-order valence-corrected chi connectivity index (χ0v) is 11.2. The Morgan fingerprint density at radius 2 is 2.00 bits per heavy atom. The van der Waals surface area contributed by atoms with Crippen LogP contribution in [0.4, 0.5) is 24.5 Å². The first-order valence-corrected chi connectivity index (χ1v) is 6.32. The Bertz CT molecular complexity index is 461. The Hall–Kier alpha value is -1.92. The van der Waals surface area contributed by atoms with Gasteiger partial charge < -0.3 is 16.4 Å². The van der Waals surface area contributed by atoms with Gasteiger partial charge in [-0.15, -0.1) is 0 Å². The van der Waals surface area contributed by atoms with Crippen molar-refractivity contribution >= 4 is 17.3 Å². The van der Waals surface area contributed by atoms with E-state index in [0.717, 1.165) is 12.5 Å². The molecule has 0 atom stereocenters. The zero-order valence-electron chi connectivity index (χ0n) is 11.2. The molecule has 0 aromatic heterocycles. The number of anilines is 2. The van der Waals surface area contributed by atoms with Gasteiger partial charge in [0.05, 0.1) is 5.56 Å². The molecule has 0 unspecified atom stereocenters. The molecule has 0 aliphatic heterocycles. The lowest BCUT2D eigenvalue weighted by molar-refractivity contribution is -0.136. The Morgan fingerprint density at radius 1 is 1.30 bits per heavy atom. The molecule has 0 aliphatic carbocycles. The molecule has 0 bridgehead atoms. The Morgan fingerprint density at radius 3 is 2.60 bits per heavy atom. The van der Waals surface area contributed by atoms with Crippen molar-refractivity contribution in [2.45, 2.75) is 25.9 Å². The molecule has 0 aliphatic rings. The molecule has 7 heteroatoms. The number of nitrogens with one attached hydrogen (secondary N) is 2. The van der Waals surface area contributed by atoms with Crippen molar-refractivity contribution in [2.24, 2.45) is 0 Å². The van der Waals surface area contributed by atoms with Crippen LogP contribution in [0.5, 0.6) is 0 Å².